The van der Waals surface area contributed by atoms with E-state index in [-0.39, 0.29) is 59.7 Å². The summed E-state index contributed by atoms with van der Waals surface area (Å²) in [7, 11) is 2.15. The van der Waals surface area contributed by atoms with Gasteiger partial charge in [-0.1, -0.05) is 168 Å². The Balaban J connectivity index is 1.10. The van der Waals surface area contributed by atoms with Gasteiger partial charge in [0.05, 0.1) is 12.2 Å². The standard InChI is InChI=1S/C70H87N3O6/c1-16-72(39-41-78-60(74)37-27-47-43-55(67(3,4)5)65(76)56(44-47)68(6,7)8)52-33-29-49(30-34-52)62(63-54-25-21-22-26-59(54)71(15)64(63)51-23-19-18-20-24-51)50-31-35-53(36-32-50)73(17-2)40-42-79-61(75)38-28-48-45-57(69(9,10)11)66(77)58(46-48)70(12,13)14/h18-26,29-36,43-46H,16-17,27-28,37-42H2,1-15H3,(H-,76,77)/p+1. The van der Waals surface area contributed by atoms with E-state index >= 15 is 0 Å². The van der Waals surface area contributed by atoms with Crippen molar-refractivity contribution in [2.75, 3.05) is 44.3 Å². The number of fused-ring (bicyclic) bond motifs is 1. The number of aryl methyl sites for hydroxylation is 3. The van der Waals surface area contributed by atoms with Gasteiger partial charge >= 0.3 is 11.9 Å². The van der Waals surface area contributed by atoms with Crippen molar-refractivity contribution in [3.05, 3.63) is 178 Å². The summed E-state index contributed by atoms with van der Waals surface area (Å²) < 4.78 is 16.3. The van der Waals surface area contributed by atoms with Crippen LogP contribution in [0.2, 0.25) is 0 Å². The van der Waals surface area contributed by atoms with Gasteiger partial charge in [-0.3, -0.25) is 9.59 Å². The lowest BCUT2D eigenvalue weighted by molar-refractivity contribution is -0.524. The Morgan fingerprint density at radius 2 is 1.06 bits per heavy atom. The molecule has 9 nitrogen and oxygen atoms in total. The van der Waals surface area contributed by atoms with E-state index in [9.17, 15) is 19.8 Å². The number of benzene rings is 5. The molecule has 418 valence electrons. The van der Waals surface area contributed by atoms with Gasteiger partial charge in [-0.15, -0.1) is 0 Å². The molecule has 0 fully saturated rings. The van der Waals surface area contributed by atoms with Crippen LogP contribution in [0.25, 0.3) is 27.7 Å². The van der Waals surface area contributed by atoms with Crippen LogP contribution in [0, 0.1) is 0 Å². The number of likely N-dealkylation sites (N-methyl/N-ethyl adjacent to an activating group) is 2. The van der Waals surface area contributed by atoms with Crippen molar-refractivity contribution in [3.8, 4) is 22.8 Å². The molecule has 79 heavy (non-hydrogen) atoms. The maximum absolute atomic E-state index is 13.2. The number of anilines is 1. The number of hydrogen-bond acceptors (Lipinski definition) is 7. The molecule has 7 rings (SSSR count). The number of aromatic hydroxyl groups is 2. The van der Waals surface area contributed by atoms with Crippen LogP contribution in [0.4, 0.5) is 5.69 Å². The highest BCUT2D eigenvalue weighted by Gasteiger charge is 2.29. The zero-order valence-electron chi connectivity index (χ0n) is 50.1. The molecule has 2 N–H and O–H groups in total. The van der Waals surface area contributed by atoms with Crippen LogP contribution in [-0.2, 0) is 60.6 Å². The van der Waals surface area contributed by atoms with Crippen LogP contribution in [0.1, 0.15) is 154 Å². The molecule has 0 spiro atoms. The summed E-state index contributed by atoms with van der Waals surface area (Å²) in [4.78, 5) is 28.7. The van der Waals surface area contributed by atoms with E-state index in [2.05, 4.69) is 221 Å². The smallest absolute Gasteiger partial charge is 0.306 e. The predicted octanol–water partition coefficient (Wildman–Crippen LogP) is 15.0. The minimum atomic E-state index is -0.248. The third kappa shape index (κ3) is 14.2. The van der Waals surface area contributed by atoms with Crippen molar-refractivity contribution in [1.82, 2.24) is 4.57 Å². The lowest BCUT2D eigenvalue weighted by Crippen LogP contribution is -2.28. The van der Waals surface area contributed by atoms with Crippen molar-refractivity contribution in [3.63, 3.8) is 0 Å². The number of aromatic nitrogens is 1. The number of rotatable bonds is 18. The summed E-state index contributed by atoms with van der Waals surface area (Å²) in [5.74, 6) is 0.200. The first kappa shape index (κ1) is 59.5. The summed E-state index contributed by atoms with van der Waals surface area (Å²) in [6.07, 6.45) is 10.3. The molecule has 0 amide bonds. The summed E-state index contributed by atoms with van der Waals surface area (Å²) in [5.41, 5.74) is 14.5. The third-order valence-electron chi connectivity index (χ3n) is 15.3. The molecular weight excluding hydrogens is 979 g/mol. The van der Waals surface area contributed by atoms with Gasteiger partial charge in [0.1, 0.15) is 31.3 Å². The maximum atomic E-state index is 13.2. The summed E-state index contributed by atoms with van der Waals surface area (Å²) in [6, 6.07) is 36.1. The predicted molar refractivity (Wildman–Crippen MR) is 327 cm³/mol. The van der Waals surface area contributed by atoms with Gasteiger partial charge < -0.3 is 29.2 Å². The second-order valence-electron chi connectivity index (χ2n) is 25.3. The van der Waals surface area contributed by atoms with Gasteiger partial charge in [0.2, 0.25) is 0 Å². The van der Waals surface area contributed by atoms with Crippen LogP contribution in [0.3, 0.4) is 0 Å². The molecule has 1 heterocycles. The summed E-state index contributed by atoms with van der Waals surface area (Å²) >= 11 is 0. The topological polar surface area (TPSA) is 104 Å². The number of phenols is 2. The van der Waals surface area contributed by atoms with Gasteiger partial charge in [-0.25, -0.2) is 4.58 Å². The van der Waals surface area contributed by atoms with Crippen molar-refractivity contribution in [2.24, 2.45) is 7.05 Å². The molecule has 0 radical (unpaired) electrons. The minimum Gasteiger partial charge on any atom is -0.507 e. The molecule has 1 aliphatic rings. The largest absolute Gasteiger partial charge is 0.507 e. The number of phenolic OH excluding ortho intramolecular Hbond substituents is 2. The highest BCUT2D eigenvalue weighted by molar-refractivity contribution is 6.08. The molecule has 0 bridgehead atoms. The first-order valence-electron chi connectivity index (χ1n) is 28.5. The van der Waals surface area contributed by atoms with E-state index in [0.717, 1.165) is 102 Å². The second kappa shape index (κ2) is 24.5. The number of allylic oxidation sites excluding steroid dienone is 5. The Kier molecular flexibility index (Phi) is 18.5. The average molecular weight is 1070 g/mol. The number of esters is 2. The zero-order chi connectivity index (χ0) is 57.6. The number of hydrogen-bond donors (Lipinski definition) is 2. The Morgan fingerprint density at radius 3 is 1.53 bits per heavy atom. The monoisotopic (exact) mass is 1070 g/mol. The molecule has 0 aliphatic heterocycles. The number of ether oxygens (including phenoxy) is 2. The average Bonchev–Trinajstić information content (AvgIpc) is 3.71. The van der Waals surface area contributed by atoms with Crippen LogP contribution >= 0.6 is 0 Å². The highest BCUT2D eigenvalue weighted by Crippen LogP contribution is 2.44. The summed E-state index contributed by atoms with van der Waals surface area (Å²) in [5, 5.41) is 23.6. The molecule has 1 aliphatic carbocycles. The van der Waals surface area contributed by atoms with Crippen LogP contribution < -0.4 is 4.90 Å². The second-order valence-corrected chi connectivity index (χ2v) is 25.3. The number of para-hydroxylation sites is 1. The molecule has 6 aromatic rings. The van der Waals surface area contributed by atoms with E-state index in [1.54, 1.807) is 0 Å². The molecule has 5 aromatic carbocycles. The van der Waals surface area contributed by atoms with Crippen molar-refractivity contribution in [2.45, 2.75) is 144 Å². The van der Waals surface area contributed by atoms with E-state index in [1.807, 2.05) is 24.3 Å². The van der Waals surface area contributed by atoms with E-state index in [1.165, 1.54) is 0 Å². The third-order valence-corrected chi connectivity index (χ3v) is 15.3. The number of nitrogens with zero attached hydrogens (tertiary/aromatic N) is 3. The molecule has 0 saturated heterocycles. The van der Waals surface area contributed by atoms with Crippen LogP contribution in [0.15, 0.2) is 133 Å². The van der Waals surface area contributed by atoms with Crippen LogP contribution in [-0.4, -0.2) is 76.4 Å². The van der Waals surface area contributed by atoms with Crippen molar-refractivity contribution >= 4 is 39.8 Å². The fraction of sp³-hybridized carbons (Fsp3) is 0.414. The first-order chi connectivity index (χ1) is 37.2. The molecular formula is C70H88N3O6+. The minimum absolute atomic E-state index is 0.239. The van der Waals surface area contributed by atoms with E-state index < -0.39 is 0 Å². The van der Waals surface area contributed by atoms with Gasteiger partial charge in [0.15, 0.2) is 12.3 Å². The first-order valence-corrected chi connectivity index (χ1v) is 28.5. The van der Waals surface area contributed by atoms with Crippen LogP contribution in [0.5, 0.6) is 11.5 Å². The fourth-order valence-corrected chi connectivity index (χ4v) is 10.8. The molecule has 0 unspecified atom stereocenters. The molecule has 1 aromatic heterocycles. The maximum Gasteiger partial charge on any atom is 0.306 e. The quantitative estimate of drug-likeness (QED) is 0.0653. The normalized spacial score (nSPS) is 13.1. The Labute approximate surface area is 472 Å². The molecule has 0 saturated carbocycles. The number of carbonyl (C=O) groups excluding carboxylic acids is 2. The van der Waals surface area contributed by atoms with E-state index in [0.29, 0.717) is 37.4 Å². The van der Waals surface area contributed by atoms with Crippen molar-refractivity contribution in [1.29, 1.82) is 0 Å². The number of carbonyl (C=O) groups is 2. The lowest BCUT2D eigenvalue weighted by Gasteiger charge is -2.28. The van der Waals surface area contributed by atoms with Gasteiger partial charge in [-0.05, 0) is 134 Å². The van der Waals surface area contributed by atoms with Gasteiger partial charge in [0, 0.05) is 60.7 Å². The van der Waals surface area contributed by atoms with Gasteiger partial charge in [-0.2, -0.15) is 0 Å². The lowest BCUT2D eigenvalue weighted by atomic mass is 9.78. The fourth-order valence-electron chi connectivity index (χ4n) is 10.8. The zero-order valence-corrected chi connectivity index (χ0v) is 50.1. The Bertz CT molecular complexity index is 3200. The SMILES string of the molecule is CCN(CCOC(=O)CCc1cc(C(C)(C)C)c(O)c(C(C)(C)C)c1)c1ccc(C(=C2C=CC(=[N+](CC)CCOC(=O)CCc3cc(C(C)(C)C)c(O)c(C(C)(C)C)c3)C=C2)c2c(-c3ccccc3)n(C)c3ccccc23)cc1. The van der Waals surface area contributed by atoms with Crippen molar-refractivity contribution < 1.29 is 33.9 Å². The summed E-state index contributed by atoms with van der Waals surface area (Å²) in [6.45, 7) is 32.5. The van der Waals surface area contributed by atoms with Gasteiger partial charge in [0.25, 0.3) is 0 Å². The molecule has 0 atom stereocenters. The Morgan fingerprint density at radius 1 is 0.595 bits per heavy atom. The van der Waals surface area contributed by atoms with E-state index in [4.69, 9.17) is 9.47 Å². The highest BCUT2D eigenvalue weighted by atomic mass is 16.5. The molecule has 9 heteroatoms. The Hall–Kier alpha value is -7.13.